The van der Waals surface area contributed by atoms with Crippen molar-refractivity contribution >= 4 is 17.6 Å². The molecule has 136 valence electrons. The van der Waals surface area contributed by atoms with Gasteiger partial charge in [-0.25, -0.2) is 9.78 Å². The van der Waals surface area contributed by atoms with Gasteiger partial charge in [0.05, 0.1) is 19.3 Å². The largest absolute Gasteiger partial charge is 0.494 e. The van der Waals surface area contributed by atoms with Crippen LogP contribution in [0.1, 0.15) is 25.0 Å². The second-order valence-electron chi connectivity index (χ2n) is 6.04. The van der Waals surface area contributed by atoms with Gasteiger partial charge >= 0.3 is 12.2 Å². The molecular weight excluding hydrogens is 341 g/mol. The fourth-order valence-corrected chi connectivity index (χ4v) is 2.77. The Morgan fingerprint density at radius 2 is 2.12 bits per heavy atom. The third-order valence-corrected chi connectivity index (χ3v) is 4.11. The van der Waals surface area contributed by atoms with Crippen molar-refractivity contribution in [2.24, 2.45) is 0 Å². The molecule has 0 bridgehead atoms. The first-order chi connectivity index (χ1) is 11.8. The summed E-state index contributed by atoms with van der Waals surface area (Å²) in [6.07, 6.45) is -1.54. The van der Waals surface area contributed by atoms with Crippen LogP contribution >= 0.6 is 0 Å². The van der Waals surface area contributed by atoms with Crippen LogP contribution in [-0.2, 0) is 11.0 Å². The fourth-order valence-electron chi connectivity index (χ4n) is 2.77. The van der Waals surface area contributed by atoms with Crippen LogP contribution in [0.25, 0.3) is 0 Å². The maximum Gasteiger partial charge on any atom is 0.433 e. The topological polar surface area (TPSA) is 83.6 Å². The predicted octanol–water partition coefficient (Wildman–Crippen LogP) is 1.99. The average molecular weight is 358 g/mol. The van der Waals surface area contributed by atoms with Gasteiger partial charge in [-0.05, 0) is 12.8 Å². The van der Waals surface area contributed by atoms with E-state index in [0.29, 0.717) is 12.6 Å². The number of nitrogens with one attached hydrogen (secondary N) is 2. The van der Waals surface area contributed by atoms with Crippen molar-refractivity contribution in [1.82, 2.24) is 15.2 Å². The van der Waals surface area contributed by atoms with Gasteiger partial charge in [-0.1, -0.05) is 0 Å². The first-order valence-corrected chi connectivity index (χ1v) is 7.76. The summed E-state index contributed by atoms with van der Waals surface area (Å²) in [4.78, 5) is 29.0. The third-order valence-electron chi connectivity index (χ3n) is 4.11. The smallest absolute Gasteiger partial charge is 0.433 e. The average Bonchev–Trinajstić information content (AvgIpc) is 3.30. The highest BCUT2D eigenvalue weighted by molar-refractivity contribution is 5.91. The number of halogens is 3. The van der Waals surface area contributed by atoms with Crippen LogP contribution in [0.3, 0.4) is 0 Å². The number of carbonyl (C=O) groups is 2. The zero-order valence-corrected chi connectivity index (χ0v) is 13.4. The van der Waals surface area contributed by atoms with E-state index in [1.54, 1.807) is 4.90 Å². The zero-order chi connectivity index (χ0) is 18.2. The van der Waals surface area contributed by atoms with Crippen LogP contribution in [0.15, 0.2) is 12.3 Å². The molecule has 0 unspecified atom stereocenters. The Balaban J connectivity index is 1.62. The van der Waals surface area contributed by atoms with Gasteiger partial charge in [-0.3, -0.25) is 4.79 Å². The summed E-state index contributed by atoms with van der Waals surface area (Å²) in [5.41, 5.74) is -1.10. The molecular formula is C15H17F3N4O3. The summed E-state index contributed by atoms with van der Waals surface area (Å²) in [7, 11) is 1.20. The SMILES string of the molecule is COc1cc(C(F)(F)F)ncc1NC(=O)N[C@H]1CC(=O)N(C2CC2)C1. The van der Waals surface area contributed by atoms with Crippen molar-refractivity contribution < 1.29 is 27.5 Å². The maximum absolute atomic E-state index is 12.7. The lowest BCUT2D eigenvalue weighted by Crippen LogP contribution is -2.40. The van der Waals surface area contributed by atoms with E-state index < -0.39 is 17.9 Å². The third kappa shape index (κ3) is 3.94. The van der Waals surface area contributed by atoms with Crippen molar-refractivity contribution in [2.75, 3.05) is 19.0 Å². The molecule has 1 atom stereocenters. The second kappa shape index (κ2) is 6.41. The van der Waals surface area contributed by atoms with Crippen LogP contribution < -0.4 is 15.4 Å². The fraction of sp³-hybridized carbons (Fsp3) is 0.533. The Morgan fingerprint density at radius 1 is 1.40 bits per heavy atom. The molecule has 7 nitrogen and oxygen atoms in total. The number of aromatic nitrogens is 1. The van der Waals surface area contributed by atoms with Gasteiger partial charge in [-0.15, -0.1) is 0 Å². The number of likely N-dealkylation sites (tertiary alicyclic amines) is 1. The van der Waals surface area contributed by atoms with Crippen molar-refractivity contribution in [2.45, 2.75) is 37.5 Å². The number of hydrogen-bond acceptors (Lipinski definition) is 4. The van der Waals surface area contributed by atoms with Gasteiger partial charge in [-0.2, -0.15) is 13.2 Å². The van der Waals surface area contributed by atoms with Gasteiger partial charge in [0.25, 0.3) is 0 Å². The maximum atomic E-state index is 12.7. The van der Waals surface area contributed by atoms with Crippen LogP contribution in [0.4, 0.5) is 23.7 Å². The number of ether oxygens (including phenoxy) is 1. The van der Waals surface area contributed by atoms with Gasteiger partial charge in [0.15, 0.2) is 0 Å². The number of methoxy groups -OCH3 is 1. The molecule has 0 radical (unpaired) electrons. The van der Waals surface area contributed by atoms with E-state index in [0.717, 1.165) is 19.0 Å². The molecule has 2 heterocycles. The van der Waals surface area contributed by atoms with Crippen LogP contribution in [-0.4, -0.2) is 47.6 Å². The molecule has 2 fully saturated rings. The number of urea groups is 1. The van der Waals surface area contributed by atoms with Crippen LogP contribution in [0.5, 0.6) is 5.75 Å². The zero-order valence-electron chi connectivity index (χ0n) is 13.4. The molecule has 3 amide bonds. The summed E-state index contributed by atoms with van der Waals surface area (Å²) < 4.78 is 42.9. The monoisotopic (exact) mass is 358 g/mol. The number of anilines is 1. The highest BCUT2D eigenvalue weighted by Gasteiger charge is 2.39. The lowest BCUT2D eigenvalue weighted by atomic mass is 10.2. The molecule has 3 rings (SSSR count). The minimum absolute atomic E-state index is 0.00146. The van der Waals surface area contributed by atoms with E-state index in [-0.39, 0.29) is 35.8 Å². The minimum atomic E-state index is -4.61. The lowest BCUT2D eigenvalue weighted by molar-refractivity contribution is -0.141. The molecule has 2 N–H and O–H groups in total. The molecule has 1 aliphatic carbocycles. The molecule has 2 aliphatic rings. The Morgan fingerprint density at radius 3 is 2.72 bits per heavy atom. The Bertz CT molecular complexity index is 691. The molecule has 1 aromatic heterocycles. The van der Waals surface area contributed by atoms with Gasteiger partial charge in [0.1, 0.15) is 17.1 Å². The Hall–Kier alpha value is -2.52. The van der Waals surface area contributed by atoms with E-state index in [1.165, 1.54) is 7.11 Å². The normalized spacial score (nSPS) is 20.6. The van der Waals surface area contributed by atoms with Gasteiger partial charge in [0.2, 0.25) is 5.91 Å². The molecule has 1 aromatic rings. The molecule has 10 heteroatoms. The molecule has 0 aromatic carbocycles. The highest BCUT2D eigenvalue weighted by atomic mass is 19.4. The van der Waals surface area contributed by atoms with E-state index in [4.69, 9.17) is 4.74 Å². The van der Waals surface area contributed by atoms with E-state index in [1.807, 2.05) is 0 Å². The number of alkyl halides is 3. The number of hydrogen-bond donors (Lipinski definition) is 2. The summed E-state index contributed by atoms with van der Waals surface area (Å²) in [5.74, 6) is -0.152. The van der Waals surface area contributed by atoms with Gasteiger partial charge in [0, 0.05) is 25.1 Å². The van der Waals surface area contributed by atoms with Crippen molar-refractivity contribution in [3.8, 4) is 5.75 Å². The van der Waals surface area contributed by atoms with E-state index >= 15 is 0 Å². The van der Waals surface area contributed by atoms with Crippen LogP contribution in [0.2, 0.25) is 0 Å². The van der Waals surface area contributed by atoms with Crippen LogP contribution in [0, 0.1) is 0 Å². The number of nitrogens with zero attached hydrogens (tertiary/aromatic N) is 2. The first-order valence-electron chi connectivity index (χ1n) is 7.76. The van der Waals surface area contributed by atoms with E-state index in [9.17, 15) is 22.8 Å². The van der Waals surface area contributed by atoms with E-state index in [2.05, 4.69) is 15.6 Å². The minimum Gasteiger partial charge on any atom is -0.494 e. The van der Waals surface area contributed by atoms with Crippen molar-refractivity contribution in [1.29, 1.82) is 0 Å². The highest BCUT2D eigenvalue weighted by Crippen LogP contribution is 2.33. The first kappa shape index (κ1) is 17.3. The molecule has 0 spiro atoms. The van der Waals surface area contributed by atoms with Gasteiger partial charge < -0.3 is 20.3 Å². The molecule has 1 saturated carbocycles. The van der Waals surface area contributed by atoms with Crippen molar-refractivity contribution in [3.05, 3.63) is 18.0 Å². The number of amides is 3. The number of rotatable bonds is 4. The Kier molecular flexibility index (Phi) is 4.44. The predicted molar refractivity (Wildman–Crippen MR) is 81.1 cm³/mol. The number of carbonyl (C=O) groups excluding carboxylic acids is 2. The molecule has 25 heavy (non-hydrogen) atoms. The lowest BCUT2D eigenvalue weighted by Gasteiger charge is -2.17. The summed E-state index contributed by atoms with van der Waals surface area (Å²) >= 11 is 0. The summed E-state index contributed by atoms with van der Waals surface area (Å²) in [5, 5.41) is 5.06. The standard InChI is InChI=1S/C15H17F3N4O3/c1-25-11-5-12(15(16,17)18)19-6-10(11)21-14(24)20-8-4-13(23)22(7-8)9-2-3-9/h5-6,8-9H,2-4,7H2,1H3,(H2,20,21,24)/t8-/m0/s1. The van der Waals surface area contributed by atoms with Crippen molar-refractivity contribution in [3.63, 3.8) is 0 Å². The second-order valence-corrected chi connectivity index (χ2v) is 6.04. The molecule has 1 saturated heterocycles. The Labute approximate surface area is 141 Å². The summed E-state index contributed by atoms with van der Waals surface area (Å²) in [6, 6.07) is 0.0298. The summed E-state index contributed by atoms with van der Waals surface area (Å²) in [6.45, 7) is 0.444. The molecule has 1 aliphatic heterocycles. The number of pyridine rings is 1. The quantitative estimate of drug-likeness (QED) is 0.862.